The van der Waals surface area contributed by atoms with Gasteiger partial charge in [-0.1, -0.05) is 12.8 Å². The summed E-state index contributed by atoms with van der Waals surface area (Å²) in [5.74, 6) is -0.922. The number of rotatable bonds is 4. The van der Waals surface area contributed by atoms with Crippen molar-refractivity contribution in [3.8, 4) is 0 Å². The monoisotopic (exact) mass is 229 g/mol. The molecule has 92 valence electrons. The fourth-order valence-electron chi connectivity index (χ4n) is 1.84. The van der Waals surface area contributed by atoms with Crippen molar-refractivity contribution in [1.29, 1.82) is 0 Å². The Morgan fingerprint density at radius 3 is 2.62 bits per heavy atom. The number of carboxylic acid groups (broad SMARTS) is 1. The van der Waals surface area contributed by atoms with Gasteiger partial charge in [-0.05, 0) is 12.8 Å². The van der Waals surface area contributed by atoms with Gasteiger partial charge in [0.05, 0.1) is 6.42 Å². The lowest BCUT2D eigenvalue weighted by Crippen LogP contribution is -2.52. The molecule has 5 N–H and O–H groups in total. The molecule has 16 heavy (non-hydrogen) atoms. The zero-order valence-electron chi connectivity index (χ0n) is 9.24. The molecular weight excluding hydrogens is 210 g/mol. The predicted molar refractivity (Wildman–Crippen MR) is 59.0 cm³/mol. The zero-order valence-corrected chi connectivity index (χ0v) is 9.24. The number of carbonyl (C=O) groups excluding carboxylic acids is 1. The summed E-state index contributed by atoms with van der Waals surface area (Å²) in [6, 6.07) is -0.304. The number of hydrogen-bond donors (Lipinski definition) is 4. The maximum absolute atomic E-state index is 11.4. The van der Waals surface area contributed by atoms with Crippen molar-refractivity contribution in [2.24, 2.45) is 5.73 Å². The number of carbonyl (C=O) groups is 2. The van der Waals surface area contributed by atoms with E-state index < -0.39 is 5.97 Å². The van der Waals surface area contributed by atoms with Gasteiger partial charge in [0.15, 0.2) is 0 Å². The summed E-state index contributed by atoms with van der Waals surface area (Å²) < 4.78 is 0. The maximum Gasteiger partial charge on any atom is 0.315 e. The summed E-state index contributed by atoms with van der Waals surface area (Å²) in [6.07, 6.45) is 3.95. The van der Waals surface area contributed by atoms with Crippen molar-refractivity contribution in [3.05, 3.63) is 0 Å². The number of carboxylic acids is 1. The van der Waals surface area contributed by atoms with Gasteiger partial charge in [0, 0.05) is 18.6 Å². The highest BCUT2D eigenvalue weighted by molar-refractivity contribution is 5.75. The van der Waals surface area contributed by atoms with Crippen molar-refractivity contribution >= 4 is 12.0 Å². The quantitative estimate of drug-likeness (QED) is 0.546. The van der Waals surface area contributed by atoms with Crippen LogP contribution in [0.1, 0.15) is 32.1 Å². The molecule has 1 aliphatic rings. The lowest BCUT2D eigenvalue weighted by Gasteiger charge is -2.29. The van der Waals surface area contributed by atoms with E-state index in [4.69, 9.17) is 10.8 Å². The molecule has 0 spiro atoms. The van der Waals surface area contributed by atoms with Gasteiger partial charge >= 0.3 is 12.0 Å². The molecule has 1 saturated carbocycles. The second kappa shape index (κ2) is 6.32. The van der Waals surface area contributed by atoms with E-state index in [1.807, 2.05) is 0 Å². The van der Waals surface area contributed by atoms with Gasteiger partial charge in [0.1, 0.15) is 0 Å². The van der Waals surface area contributed by atoms with Crippen molar-refractivity contribution in [1.82, 2.24) is 10.6 Å². The molecule has 2 unspecified atom stereocenters. The largest absolute Gasteiger partial charge is 0.481 e. The SMILES string of the molecule is NC1CCCCC1NC(=O)NCCC(=O)O. The van der Waals surface area contributed by atoms with Gasteiger partial charge in [-0.25, -0.2) is 4.79 Å². The molecule has 0 heterocycles. The van der Waals surface area contributed by atoms with E-state index in [-0.39, 0.29) is 31.1 Å². The van der Waals surface area contributed by atoms with Crippen LogP contribution in [0.5, 0.6) is 0 Å². The molecule has 6 nitrogen and oxygen atoms in total. The summed E-state index contributed by atoms with van der Waals surface area (Å²) in [4.78, 5) is 21.6. The van der Waals surface area contributed by atoms with Crippen LogP contribution >= 0.6 is 0 Å². The average Bonchev–Trinajstić information content (AvgIpc) is 2.21. The van der Waals surface area contributed by atoms with Crippen LogP contribution in [0.2, 0.25) is 0 Å². The predicted octanol–water partition coefficient (Wildman–Crippen LogP) is 0.0302. The first kappa shape index (κ1) is 12.8. The first-order valence-electron chi connectivity index (χ1n) is 5.61. The Morgan fingerprint density at radius 1 is 1.31 bits per heavy atom. The number of amides is 2. The molecule has 0 aliphatic heterocycles. The number of hydrogen-bond acceptors (Lipinski definition) is 3. The van der Waals surface area contributed by atoms with Gasteiger partial charge in [-0.3, -0.25) is 4.79 Å². The molecule has 0 saturated heterocycles. The minimum Gasteiger partial charge on any atom is -0.481 e. The summed E-state index contributed by atoms with van der Waals surface area (Å²) >= 11 is 0. The minimum atomic E-state index is -0.922. The maximum atomic E-state index is 11.4. The summed E-state index contributed by atoms with van der Waals surface area (Å²) in [6.45, 7) is 0.142. The molecule has 2 atom stereocenters. The molecule has 0 aromatic carbocycles. The third kappa shape index (κ3) is 4.48. The van der Waals surface area contributed by atoms with Crippen LogP contribution in [0, 0.1) is 0 Å². The number of urea groups is 1. The van der Waals surface area contributed by atoms with Crippen molar-refractivity contribution < 1.29 is 14.7 Å². The van der Waals surface area contributed by atoms with E-state index in [2.05, 4.69) is 10.6 Å². The molecule has 1 aliphatic carbocycles. The van der Waals surface area contributed by atoms with Crippen molar-refractivity contribution in [2.45, 2.75) is 44.2 Å². The lowest BCUT2D eigenvalue weighted by atomic mass is 9.91. The van der Waals surface area contributed by atoms with E-state index in [1.165, 1.54) is 0 Å². The molecule has 2 amide bonds. The molecule has 6 heteroatoms. The summed E-state index contributed by atoms with van der Waals surface area (Å²) in [5, 5.41) is 13.7. The van der Waals surface area contributed by atoms with E-state index >= 15 is 0 Å². The second-order valence-electron chi connectivity index (χ2n) is 4.10. The van der Waals surface area contributed by atoms with Crippen molar-refractivity contribution in [2.75, 3.05) is 6.54 Å². The lowest BCUT2D eigenvalue weighted by molar-refractivity contribution is -0.136. The van der Waals surface area contributed by atoms with Crippen LogP contribution in [0.15, 0.2) is 0 Å². The van der Waals surface area contributed by atoms with Gasteiger partial charge in [-0.15, -0.1) is 0 Å². The first-order chi connectivity index (χ1) is 7.59. The zero-order chi connectivity index (χ0) is 12.0. The van der Waals surface area contributed by atoms with Crippen molar-refractivity contribution in [3.63, 3.8) is 0 Å². The Labute approximate surface area is 94.6 Å². The van der Waals surface area contributed by atoms with Gasteiger partial charge in [0.25, 0.3) is 0 Å². The van der Waals surface area contributed by atoms with Gasteiger partial charge < -0.3 is 21.5 Å². The van der Waals surface area contributed by atoms with E-state index in [0.29, 0.717) is 0 Å². The van der Waals surface area contributed by atoms with Crippen LogP contribution < -0.4 is 16.4 Å². The number of nitrogens with one attached hydrogen (secondary N) is 2. The topological polar surface area (TPSA) is 104 Å². The molecular formula is C10H19N3O3. The highest BCUT2D eigenvalue weighted by Crippen LogP contribution is 2.16. The van der Waals surface area contributed by atoms with Crippen LogP contribution in [0.4, 0.5) is 4.79 Å². The van der Waals surface area contributed by atoms with E-state index in [1.54, 1.807) is 0 Å². The first-order valence-corrected chi connectivity index (χ1v) is 5.61. The fraction of sp³-hybridized carbons (Fsp3) is 0.800. The van der Waals surface area contributed by atoms with Gasteiger partial charge in [0.2, 0.25) is 0 Å². The van der Waals surface area contributed by atoms with Crippen LogP contribution in [-0.2, 0) is 4.79 Å². The highest BCUT2D eigenvalue weighted by atomic mass is 16.4. The van der Waals surface area contributed by atoms with Gasteiger partial charge in [-0.2, -0.15) is 0 Å². The standard InChI is InChI=1S/C10H19N3O3/c11-7-3-1-2-4-8(7)13-10(16)12-6-5-9(14)15/h7-8H,1-6,11H2,(H,14,15)(H2,12,13,16). The normalized spacial score (nSPS) is 24.8. The Bertz CT molecular complexity index is 258. The van der Waals surface area contributed by atoms with Crippen LogP contribution in [-0.4, -0.2) is 35.7 Å². The Hall–Kier alpha value is -1.30. The van der Waals surface area contributed by atoms with E-state index in [0.717, 1.165) is 25.7 Å². The third-order valence-corrected chi connectivity index (χ3v) is 2.76. The molecule has 0 aromatic rings. The average molecular weight is 229 g/mol. The Balaban J connectivity index is 2.19. The molecule has 1 rings (SSSR count). The Morgan fingerprint density at radius 2 is 2.00 bits per heavy atom. The smallest absolute Gasteiger partial charge is 0.315 e. The molecule has 1 fully saturated rings. The highest BCUT2D eigenvalue weighted by Gasteiger charge is 2.22. The number of nitrogens with two attached hydrogens (primary N) is 1. The molecule has 0 radical (unpaired) electrons. The summed E-state index contributed by atoms with van der Waals surface area (Å²) in [7, 11) is 0. The minimum absolute atomic E-state index is 0.0126. The van der Waals surface area contributed by atoms with E-state index in [9.17, 15) is 9.59 Å². The van der Waals surface area contributed by atoms with Crippen LogP contribution in [0.25, 0.3) is 0 Å². The Kier molecular flexibility index (Phi) is 5.04. The van der Waals surface area contributed by atoms with Crippen LogP contribution in [0.3, 0.4) is 0 Å². The third-order valence-electron chi connectivity index (χ3n) is 2.76. The molecule has 0 aromatic heterocycles. The molecule has 0 bridgehead atoms. The second-order valence-corrected chi connectivity index (χ2v) is 4.10. The fourth-order valence-corrected chi connectivity index (χ4v) is 1.84. The summed E-state index contributed by atoms with van der Waals surface area (Å²) in [5.41, 5.74) is 5.87. The number of aliphatic carboxylic acids is 1.